The number of amides is 1. The number of hydrogen-bond donors (Lipinski definition) is 2. The van der Waals surface area contributed by atoms with Crippen molar-refractivity contribution in [3.05, 3.63) is 29.3 Å². The van der Waals surface area contributed by atoms with Gasteiger partial charge in [0.2, 0.25) is 5.91 Å². The lowest BCUT2D eigenvalue weighted by molar-refractivity contribution is -0.115. The average molecular weight is 228 g/mol. The van der Waals surface area contributed by atoms with Crippen LogP contribution in [0, 0.1) is 0 Å². The molecule has 0 aliphatic carbocycles. The van der Waals surface area contributed by atoms with Gasteiger partial charge < -0.3 is 10.6 Å². The maximum absolute atomic E-state index is 11.3. The molecule has 3 aliphatic rings. The van der Waals surface area contributed by atoms with Gasteiger partial charge in [-0.25, -0.2) is 0 Å². The number of fused-ring (bicyclic) bond motifs is 3. The van der Waals surface area contributed by atoms with Gasteiger partial charge in [-0.1, -0.05) is 12.1 Å². The van der Waals surface area contributed by atoms with Crippen molar-refractivity contribution in [1.82, 2.24) is 5.32 Å². The minimum atomic E-state index is 0.128. The van der Waals surface area contributed by atoms with Crippen LogP contribution in [0.25, 0.3) is 0 Å². The predicted molar refractivity (Wildman–Crippen MR) is 66.1 cm³/mol. The van der Waals surface area contributed by atoms with Crippen molar-refractivity contribution in [3.63, 3.8) is 0 Å². The number of benzene rings is 1. The molecule has 3 unspecified atom stereocenters. The topological polar surface area (TPSA) is 41.1 Å². The largest absolute Gasteiger partial charge is 0.326 e. The molecule has 3 heteroatoms. The first-order valence-corrected chi connectivity index (χ1v) is 6.48. The molecule has 4 rings (SSSR count). The Labute approximate surface area is 101 Å². The summed E-state index contributed by atoms with van der Waals surface area (Å²) in [6.07, 6.45) is 4.47. The number of rotatable bonds is 1. The highest BCUT2D eigenvalue weighted by Crippen LogP contribution is 2.41. The van der Waals surface area contributed by atoms with Crippen LogP contribution in [0.3, 0.4) is 0 Å². The molecule has 0 saturated carbocycles. The fraction of sp³-hybridized carbons (Fsp3) is 0.500. The van der Waals surface area contributed by atoms with Gasteiger partial charge in [0.15, 0.2) is 0 Å². The zero-order valence-corrected chi connectivity index (χ0v) is 9.70. The van der Waals surface area contributed by atoms with Crippen LogP contribution in [-0.4, -0.2) is 18.0 Å². The van der Waals surface area contributed by atoms with Crippen molar-refractivity contribution in [2.24, 2.45) is 0 Å². The van der Waals surface area contributed by atoms with Gasteiger partial charge in [0.25, 0.3) is 0 Å². The van der Waals surface area contributed by atoms with Gasteiger partial charge >= 0.3 is 0 Å². The summed E-state index contributed by atoms with van der Waals surface area (Å²) in [6.45, 7) is 0. The van der Waals surface area contributed by atoms with E-state index < -0.39 is 0 Å². The van der Waals surface area contributed by atoms with Crippen molar-refractivity contribution in [2.45, 2.75) is 43.7 Å². The van der Waals surface area contributed by atoms with E-state index in [-0.39, 0.29) is 5.91 Å². The third kappa shape index (κ3) is 1.42. The number of hydrogen-bond acceptors (Lipinski definition) is 2. The van der Waals surface area contributed by atoms with E-state index >= 15 is 0 Å². The van der Waals surface area contributed by atoms with E-state index in [1.54, 1.807) is 0 Å². The Bertz CT molecular complexity index is 497. The van der Waals surface area contributed by atoms with Crippen LogP contribution >= 0.6 is 0 Å². The average Bonchev–Trinajstić information content (AvgIpc) is 3.00. The van der Waals surface area contributed by atoms with Crippen LogP contribution in [0.4, 0.5) is 5.69 Å². The summed E-state index contributed by atoms with van der Waals surface area (Å²) in [5.41, 5.74) is 3.60. The zero-order chi connectivity index (χ0) is 11.4. The minimum absolute atomic E-state index is 0.128. The summed E-state index contributed by atoms with van der Waals surface area (Å²) in [6, 6.07) is 7.90. The maximum Gasteiger partial charge on any atom is 0.228 e. The minimum Gasteiger partial charge on any atom is -0.326 e. The predicted octanol–water partition coefficient (Wildman–Crippen LogP) is 1.79. The number of carbonyl (C=O) groups is 1. The van der Waals surface area contributed by atoms with E-state index in [1.165, 1.54) is 30.4 Å². The molecular weight excluding hydrogens is 212 g/mol. The monoisotopic (exact) mass is 228 g/mol. The normalized spacial score (nSPS) is 33.9. The second kappa shape index (κ2) is 3.33. The van der Waals surface area contributed by atoms with Crippen LogP contribution in [0.2, 0.25) is 0 Å². The third-order valence-corrected chi connectivity index (χ3v) is 4.48. The lowest BCUT2D eigenvalue weighted by Gasteiger charge is -2.21. The van der Waals surface area contributed by atoms with Crippen molar-refractivity contribution < 1.29 is 4.79 Å². The summed E-state index contributed by atoms with van der Waals surface area (Å²) in [5.74, 6) is 0.790. The van der Waals surface area contributed by atoms with Crippen LogP contribution in [0.15, 0.2) is 18.2 Å². The van der Waals surface area contributed by atoms with Gasteiger partial charge in [0, 0.05) is 23.7 Å². The highest BCUT2D eigenvalue weighted by Gasteiger charge is 2.39. The molecule has 3 nitrogen and oxygen atoms in total. The van der Waals surface area contributed by atoms with Crippen molar-refractivity contribution >= 4 is 11.6 Å². The Morgan fingerprint density at radius 1 is 1.24 bits per heavy atom. The lowest BCUT2D eigenvalue weighted by atomic mass is 9.83. The van der Waals surface area contributed by atoms with Crippen molar-refractivity contribution in [3.8, 4) is 0 Å². The lowest BCUT2D eigenvalue weighted by Crippen LogP contribution is -2.21. The van der Waals surface area contributed by atoms with Crippen LogP contribution in [-0.2, 0) is 11.2 Å². The Morgan fingerprint density at radius 3 is 2.94 bits per heavy atom. The molecular formula is C14H16N2O. The molecule has 2 N–H and O–H groups in total. The van der Waals surface area contributed by atoms with E-state index in [9.17, 15) is 4.79 Å². The first-order chi connectivity index (χ1) is 8.29. The number of carbonyl (C=O) groups excluding carboxylic acids is 1. The molecule has 0 radical (unpaired) electrons. The molecule has 17 heavy (non-hydrogen) atoms. The number of nitrogens with one attached hydrogen (secondary N) is 2. The molecule has 3 aliphatic heterocycles. The fourth-order valence-corrected chi connectivity index (χ4v) is 3.67. The quantitative estimate of drug-likeness (QED) is 0.769. The smallest absolute Gasteiger partial charge is 0.228 e. The Morgan fingerprint density at radius 2 is 2.18 bits per heavy atom. The van der Waals surface area contributed by atoms with E-state index in [1.807, 2.05) is 0 Å². The molecule has 3 heterocycles. The van der Waals surface area contributed by atoms with Crippen molar-refractivity contribution in [1.29, 1.82) is 0 Å². The van der Waals surface area contributed by atoms with E-state index in [0.29, 0.717) is 18.4 Å². The third-order valence-electron chi connectivity index (χ3n) is 4.48. The second-order valence-corrected chi connectivity index (χ2v) is 5.53. The van der Waals surface area contributed by atoms with Gasteiger partial charge in [-0.05, 0) is 36.5 Å². The Balaban J connectivity index is 1.67. The summed E-state index contributed by atoms with van der Waals surface area (Å²) >= 11 is 0. The first kappa shape index (κ1) is 9.66. The maximum atomic E-state index is 11.3. The number of anilines is 1. The molecule has 88 valence electrons. The van der Waals surface area contributed by atoms with Crippen molar-refractivity contribution in [2.75, 3.05) is 5.32 Å². The van der Waals surface area contributed by atoms with E-state index in [2.05, 4.69) is 28.8 Å². The Kier molecular flexibility index (Phi) is 1.89. The molecule has 2 fully saturated rings. The molecule has 2 bridgehead atoms. The highest BCUT2D eigenvalue weighted by atomic mass is 16.1. The summed E-state index contributed by atoms with van der Waals surface area (Å²) in [5, 5.41) is 6.56. The SMILES string of the molecule is O=C1Cc2cc(C3CC4CCC3N4)ccc2N1. The summed E-state index contributed by atoms with van der Waals surface area (Å²) in [4.78, 5) is 11.3. The van der Waals surface area contributed by atoms with Gasteiger partial charge in [0.1, 0.15) is 0 Å². The molecule has 2 saturated heterocycles. The first-order valence-electron chi connectivity index (χ1n) is 6.48. The van der Waals surface area contributed by atoms with Crippen LogP contribution in [0.1, 0.15) is 36.3 Å². The molecule has 0 spiro atoms. The highest BCUT2D eigenvalue weighted by molar-refractivity contribution is 5.99. The van der Waals surface area contributed by atoms with Gasteiger partial charge in [-0.2, -0.15) is 0 Å². The van der Waals surface area contributed by atoms with E-state index in [4.69, 9.17) is 0 Å². The van der Waals surface area contributed by atoms with Crippen LogP contribution < -0.4 is 10.6 Å². The van der Waals surface area contributed by atoms with Crippen LogP contribution in [0.5, 0.6) is 0 Å². The second-order valence-electron chi connectivity index (χ2n) is 5.53. The summed E-state index contributed by atoms with van der Waals surface area (Å²) < 4.78 is 0. The zero-order valence-electron chi connectivity index (χ0n) is 9.70. The van der Waals surface area contributed by atoms with Gasteiger partial charge in [-0.15, -0.1) is 0 Å². The molecule has 1 aromatic rings. The Hall–Kier alpha value is -1.35. The van der Waals surface area contributed by atoms with Gasteiger partial charge in [-0.3, -0.25) is 4.79 Å². The molecule has 1 aromatic carbocycles. The molecule has 0 aromatic heterocycles. The van der Waals surface area contributed by atoms with Gasteiger partial charge in [0.05, 0.1) is 6.42 Å². The fourth-order valence-electron chi connectivity index (χ4n) is 3.67. The molecule has 3 atom stereocenters. The molecule has 1 amide bonds. The van der Waals surface area contributed by atoms with E-state index in [0.717, 1.165) is 11.7 Å². The summed E-state index contributed by atoms with van der Waals surface area (Å²) in [7, 11) is 0. The standard InChI is InChI=1S/C14H16N2O/c17-14-6-9-5-8(1-3-12(9)16-14)11-7-10-2-4-13(11)15-10/h1,3,5,10-11,13,15H,2,4,6-7H2,(H,16,17).